The lowest BCUT2D eigenvalue weighted by Crippen LogP contribution is -2.09. The van der Waals surface area contributed by atoms with E-state index in [1.54, 1.807) is 18.2 Å². The fourth-order valence-electron chi connectivity index (χ4n) is 1.44. The van der Waals surface area contributed by atoms with E-state index in [1.165, 1.54) is 7.11 Å². The van der Waals surface area contributed by atoms with Gasteiger partial charge in [-0.15, -0.1) is 0 Å². The maximum absolute atomic E-state index is 11.9. The SMILES string of the molecule is COc1cc(N)ccc1COCCCC(F)(F)F. The molecule has 2 N–H and O–H groups in total. The molecule has 0 amide bonds. The van der Waals surface area contributed by atoms with Gasteiger partial charge >= 0.3 is 6.18 Å². The van der Waals surface area contributed by atoms with Crippen LogP contribution >= 0.6 is 0 Å². The van der Waals surface area contributed by atoms with Crippen LogP contribution in [0.25, 0.3) is 0 Å². The average Bonchev–Trinajstić information content (AvgIpc) is 2.28. The van der Waals surface area contributed by atoms with Crippen LogP contribution in [-0.2, 0) is 11.3 Å². The molecule has 0 bridgehead atoms. The van der Waals surface area contributed by atoms with Crippen molar-refractivity contribution in [1.82, 2.24) is 0 Å². The lowest BCUT2D eigenvalue weighted by Gasteiger charge is -2.10. The number of hydrogen-bond acceptors (Lipinski definition) is 3. The van der Waals surface area contributed by atoms with E-state index in [0.29, 0.717) is 11.4 Å². The molecule has 0 atom stereocenters. The summed E-state index contributed by atoms with van der Waals surface area (Å²) in [5.41, 5.74) is 6.91. The van der Waals surface area contributed by atoms with Gasteiger partial charge in [-0.05, 0) is 12.5 Å². The number of alkyl halides is 3. The third kappa shape index (κ3) is 5.27. The van der Waals surface area contributed by atoms with Crippen molar-refractivity contribution in [1.29, 1.82) is 0 Å². The van der Waals surface area contributed by atoms with Crippen LogP contribution in [0.15, 0.2) is 18.2 Å². The summed E-state index contributed by atoms with van der Waals surface area (Å²) in [6.07, 6.45) is -4.99. The van der Waals surface area contributed by atoms with Gasteiger partial charge < -0.3 is 15.2 Å². The van der Waals surface area contributed by atoms with Crippen LogP contribution in [0, 0.1) is 0 Å². The van der Waals surface area contributed by atoms with Crippen LogP contribution in [0.5, 0.6) is 5.75 Å². The fraction of sp³-hybridized carbons (Fsp3) is 0.500. The first kappa shape index (κ1) is 14.6. The predicted octanol–water partition coefficient (Wildman–Crippen LogP) is 3.14. The Balaban J connectivity index is 2.35. The smallest absolute Gasteiger partial charge is 0.389 e. The molecule has 0 unspecified atom stereocenters. The molecule has 102 valence electrons. The van der Waals surface area contributed by atoms with Crippen molar-refractivity contribution in [2.75, 3.05) is 19.5 Å². The highest BCUT2D eigenvalue weighted by atomic mass is 19.4. The van der Waals surface area contributed by atoms with Crippen LogP contribution in [0.1, 0.15) is 18.4 Å². The lowest BCUT2D eigenvalue weighted by atomic mass is 10.2. The van der Waals surface area contributed by atoms with E-state index in [-0.39, 0.29) is 19.6 Å². The molecule has 0 radical (unpaired) electrons. The molecule has 0 spiro atoms. The first-order chi connectivity index (χ1) is 8.42. The Morgan fingerprint density at radius 2 is 2.00 bits per heavy atom. The molecule has 1 rings (SSSR count). The Morgan fingerprint density at radius 1 is 1.28 bits per heavy atom. The minimum absolute atomic E-state index is 0.0409. The normalized spacial score (nSPS) is 11.6. The first-order valence-electron chi connectivity index (χ1n) is 5.49. The monoisotopic (exact) mass is 263 g/mol. The standard InChI is InChI=1S/C12H16F3NO2/c1-17-11-7-10(16)4-3-9(11)8-18-6-2-5-12(13,14)15/h3-4,7H,2,5-6,8,16H2,1H3. The molecule has 0 heterocycles. The topological polar surface area (TPSA) is 44.5 Å². The molecule has 6 heteroatoms. The Hall–Kier alpha value is -1.43. The first-order valence-corrected chi connectivity index (χ1v) is 5.49. The number of benzene rings is 1. The van der Waals surface area contributed by atoms with Gasteiger partial charge in [0.25, 0.3) is 0 Å². The van der Waals surface area contributed by atoms with Gasteiger partial charge in [0, 0.05) is 30.3 Å². The molecule has 1 aromatic rings. The summed E-state index contributed by atoms with van der Waals surface area (Å²) in [4.78, 5) is 0. The van der Waals surface area contributed by atoms with E-state index < -0.39 is 12.6 Å². The highest BCUT2D eigenvalue weighted by molar-refractivity contribution is 5.48. The van der Waals surface area contributed by atoms with Crippen molar-refractivity contribution in [3.63, 3.8) is 0 Å². The highest BCUT2D eigenvalue weighted by Crippen LogP contribution is 2.23. The maximum Gasteiger partial charge on any atom is 0.389 e. The van der Waals surface area contributed by atoms with Gasteiger partial charge in [-0.1, -0.05) is 6.07 Å². The van der Waals surface area contributed by atoms with E-state index in [4.69, 9.17) is 15.2 Å². The number of methoxy groups -OCH3 is 1. The minimum atomic E-state index is -4.12. The van der Waals surface area contributed by atoms with Crippen molar-refractivity contribution >= 4 is 5.69 Å². The minimum Gasteiger partial charge on any atom is -0.496 e. The van der Waals surface area contributed by atoms with Crippen LogP contribution in [0.4, 0.5) is 18.9 Å². The molecule has 0 saturated heterocycles. The third-order valence-corrected chi connectivity index (χ3v) is 2.32. The molecule has 0 saturated carbocycles. The second kappa shape index (κ2) is 6.49. The zero-order chi connectivity index (χ0) is 13.6. The summed E-state index contributed by atoms with van der Waals surface area (Å²) in [5.74, 6) is 0.575. The number of anilines is 1. The summed E-state index contributed by atoms with van der Waals surface area (Å²) in [5, 5.41) is 0. The van der Waals surface area contributed by atoms with Crippen molar-refractivity contribution in [3.8, 4) is 5.75 Å². The van der Waals surface area contributed by atoms with Crippen LogP contribution in [0.2, 0.25) is 0 Å². The quantitative estimate of drug-likeness (QED) is 0.633. The molecule has 0 aliphatic carbocycles. The van der Waals surface area contributed by atoms with E-state index in [0.717, 1.165) is 5.56 Å². The third-order valence-electron chi connectivity index (χ3n) is 2.32. The summed E-state index contributed by atoms with van der Waals surface area (Å²) in [6, 6.07) is 5.07. The van der Waals surface area contributed by atoms with Gasteiger partial charge in [0.05, 0.1) is 13.7 Å². The summed E-state index contributed by atoms with van der Waals surface area (Å²) < 4.78 is 45.9. The zero-order valence-electron chi connectivity index (χ0n) is 10.1. The number of ether oxygens (including phenoxy) is 2. The van der Waals surface area contributed by atoms with Crippen molar-refractivity contribution in [3.05, 3.63) is 23.8 Å². The van der Waals surface area contributed by atoms with Gasteiger partial charge in [0.15, 0.2) is 0 Å². The molecule has 0 aliphatic rings. The molecule has 3 nitrogen and oxygen atoms in total. The molecular weight excluding hydrogens is 247 g/mol. The largest absolute Gasteiger partial charge is 0.496 e. The molecule has 18 heavy (non-hydrogen) atoms. The summed E-state index contributed by atoms with van der Waals surface area (Å²) >= 11 is 0. The second-order valence-corrected chi connectivity index (χ2v) is 3.84. The lowest BCUT2D eigenvalue weighted by molar-refractivity contribution is -0.138. The zero-order valence-corrected chi connectivity index (χ0v) is 10.1. The van der Waals surface area contributed by atoms with Gasteiger partial charge in [-0.25, -0.2) is 0 Å². The number of nitrogens with two attached hydrogens (primary N) is 1. The van der Waals surface area contributed by atoms with Gasteiger partial charge in [0.1, 0.15) is 5.75 Å². The Labute approximate surface area is 104 Å². The van der Waals surface area contributed by atoms with E-state index in [9.17, 15) is 13.2 Å². The maximum atomic E-state index is 11.9. The highest BCUT2D eigenvalue weighted by Gasteiger charge is 2.25. The number of nitrogen functional groups attached to an aromatic ring is 1. The fourth-order valence-corrected chi connectivity index (χ4v) is 1.44. The van der Waals surface area contributed by atoms with Crippen LogP contribution in [0.3, 0.4) is 0 Å². The number of halogens is 3. The molecular formula is C12H16F3NO2. The predicted molar refractivity (Wildman–Crippen MR) is 62.4 cm³/mol. The average molecular weight is 263 g/mol. The van der Waals surface area contributed by atoms with E-state index in [1.807, 2.05) is 0 Å². The Bertz CT molecular complexity index is 380. The molecule has 0 aromatic heterocycles. The van der Waals surface area contributed by atoms with Crippen molar-refractivity contribution < 1.29 is 22.6 Å². The Kier molecular flexibility index (Phi) is 5.27. The molecule has 1 aromatic carbocycles. The van der Waals surface area contributed by atoms with Crippen LogP contribution < -0.4 is 10.5 Å². The summed E-state index contributed by atoms with van der Waals surface area (Å²) in [6.45, 7) is 0.272. The van der Waals surface area contributed by atoms with Crippen LogP contribution in [-0.4, -0.2) is 19.9 Å². The van der Waals surface area contributed by atoms with Crippen molar-refractivity contribution in [2.45, 2.75) is 25.6 Å². The second-order valence-electron chi connectivity index (χ2n) is 3.84. The van der Waals surface area contributed by atoms with E-state index >= 15 is 0 Å². The van der Waals surface area contributed by atoms with Gasteiger partial charge in [0.2, 0.25) is 0 Å². The number of hydrogen-bond donors (Lipinski definition) is 1. The Morgan fingerprint density at radius 3 is 2.61 bits per heavy atom. The number of rotatable bonds is 6. The van der Waals surface area contributed by atoms with Crippen molar-refractivity contribution in [2.24, 2.45) is 0 Å². The molecule has 0 fully saturated rings. The van der Waals surface area contributed by atoms with E-state index in [2.05, 4.69) is 0 Å². The van der Waals surface area contributed by atoms with Gasteiger partial charge in [-0.3, -0.25) is 0 Å². The van der Waals surface area contributed by atoms with Gasteiger partial charge in [-0.2, -0.15) is 13.2 Å². The summed E-state index contributed by atoms with van der Waals surface area (Å²) in [7, 11) is 1.50. The molecule has 0 aliphatic heterocycles.